The molecular weight excluding hydrogens is 542 g/mol. The SMILES string of the molecule is CCn1nc(C)cc1C1CCN(C2CCC(c3ccc(F)cc3)(S(=O)(=O)c3ccc(C(F)(F)F)cc3)CC2)CC1. The zero-order valence-electron chi connectivity index (χ0n) is 22.8. The van der Waals surface area contributed by atoms with Crippen LogP contribution in [-0.4, -0.2) is 42.2 Å². The molecule has 40 heavy (non-hydrogen) atoms. The molecular formula is C30H35F4N3O2S. The number of piperidine rings is 1. The van der Waals surface area contributed by atoms with E-state index in [2.05, 4.69) is 27.7 Å². The number of hydrogen-bond acceptors (Lipinski definition) is 4. The predicted octanol–water partition coefficient (Wildman–Crippen LogP) is 6.86. The van der Waals surface area contributed by atoms with Crippen LogP contribution in [0.1, 0.15) is 73.9 Å². The number of likely N-dealkylation sites (tertiary alicyclic amines) is 1. The number of halogens is 4. The molecule has 1 saturated heterocycles. The standard InChI is InChI=1S/C30H35F4N3O2S/c1-3-37-28(20-21(2)35-37)22-14-18-36(19-15-22)26-12-16-29(17-13-26,23-4-8-25(31)9-5-23)40(38,39)27-10-6-24(7-11-27)30(32,33)34/h4-11,20,22,26H,3,12-19H2,1-2H3. The lowest BCUT2D eigenvalue weighted by molar-refractivity contribution is -0.137. The van der Waals surface area contributed by atoms with Crippen LogP contribution >= 0.6 is 0 Å². The van der Waals surface area contributed by atoms with Crippen LogP contribution in [0.4, 0.5) is 17.6 Å². The third kappa shape index (κ3) is 5.32. The summed E-state index contributed by atoms with van der Waals surface area (Å²) in [5, 5.41) is 4.60. The molecule has 5 rings (SSSR count). The number of alkyl halides is 3. The van der Waals surface area contributed by atoms with Gasteiger partial charge in [0.1, 0.15) is 10.6 Å². The fourth-order valence-electron chi connectivity index (χ4n) is 6.66. The van der Waals surface area contributed by atoms with Gasteiger partial charge in [-0.05, 0) is 113 Å². The number of sulfone groups is 1. The number of nitrogens with zero attached hydrogens (tertiary/aromatic N) is 3. The van der Waals surface area contributed by atoms with Gasteiger partial charge in [0.25, 0.3) is 0 Å². The van der Waals surface area contributed by atoms with Crippen LogP contribution in [0.3, 0.4) is 0 Å². The molecule has 216 valence electrons. The van der Waals surface area contributed by atoms with Crippen molar-refractivity contribution >= 4 is 9.84 Å². The molecule has 3 aromatic rings. The number of aryl methyl sites for hydroxylation is 2. The first-order valence-corrected chi connectivity index (χ1v) is 15.4. The van der Waals surface area contributed by atoms with Gasteiger partial charge in [0.2, 0.25) is 0 Å². The molecule has 0 atom stereocenters. The van der Waals surface area contributed by atoms with Gasteiger partial charge in [-0.1, -0.05) is 12.1 Å². The van der Waals surface area contributed by atoms with E-state index in [1.165, 1.54) is 30.0 Å². The Morgan fingerprint density at radius 3 is 2.10 bits per heavy atom. The maximum absolute atomic E-state index is 14.1. The normalized spacial score (nSPS) is 23.4. The van der Waals surface area contributed by atoms with Gasteiger partial charge in [0.15, 0.2) is 9.84 Å². The van der Waals surface area contributed by atoms with Crippen molar-refractivity contribution in [3.8, 4) is 0 Å². The lowest BCUT2D eigenvalue weighted by Crippen LogP contribution is -2.48. The molecule has 2 heterocycles. The van der Waals surface area contributed by atoms with Gasteiger partial charge in [0, 0.05) is 24.2 Å². The van der Waals surface area contributed by atoms with Gasteiger partial charge in [-0.15, -0.1) is 0 Å². The number of aromatic nitrogens is 2. The highest BCUT2D eigenvalue weighted by Crippen LogP contribution is 2.48. The van der Waals surface area contributed by atoms with E-state index < -0.39 is 32.1 Å². The highest BCUT2D eigenvalue weighted by Gasteiger charge is 2.49. The quantitative estimate of drug-likeness (QED) is 0.301. The third-order valence-corrected chi connectivity index (χ3v) is 11.4. The molecule has 0 unspecified atom stereocenters. The summed E-state index contributed by atoms with van der Waals surface area (Å²) in [6, 6.07) is 11.6. The molecule has 0 spiro atoms. The second kappa shape index (κ2) is 10.9. The van der Waals surface area contributed by atoms with Crippen LogP contribution in [0.5, 0.6) is 0 Å². The Morgan fingerprint density at radius 1 is 0.950 bits per heavy atom. The Labute approximate surface area is 233 Å². The summed E-state index contributed by atoms with van der Waals surface area (Å²) in [4.78, 5) is 2.31. The molecule has 0 N–H and O–H groups in total. The van der Waals surface area contributed by atoms with Crippen LogP contribution in [0.25, 0.3) is 0 Å². The Balaban J connectivity index is 1.35. The summed E-state index contributed by atoms with van der Waals surface area (Å²) in [6.45, 7) is 6.78. The minimum Gasteiger partial charge on any atom is -0.300 e. The molecule has 1 saturated carbocycles. The Kier molecular flexibility index (Phi) is 7.87. The molecule has 2 aromatic carbocycles. The Morgan fingerprint density at radius 2 is 1.55 bits per heavy atom. The highest BCUT2D eigenvalue weighted by molar-refractivity contribution is 7.92. The smallest absolute Gasteiger partial charge is 0.300 e. The van der Waals surface area contributed by atoms with Crippen molar-refractivity contribution in [2.24, 2.45) is 0 Å². The van der Waals surface area contributed by atoms with Gasteiger partial charge >= 0.3 is 6.18 Å². The van der Waals surface area contributed by atoms with Crippen molar-refractivity contribution in [1.29, 1.82) is 0 Å². The lowest BCUT2D eigenvalue weighted by atomic mass is 9.79. The Bertz CT molecular complexity index is 1420. The number of hydrogen-bond donors (Lipinski definition) is 0. The highest BCUT2D eigenvalue weighted by atomic mass is 32.2. The molecule has 0 bridgehead atoms. The monoisotopic (exact) mass is 577 g/mol. The fraction of sp³-hybridized carbons (Fsp3) is 0.500. The van der Waals surface area contributed by atoms with Crippen LogP contribution in [0, 0.1) is 12.7 Å². The molecule has 10 heteroatoms. The van der Waals surface area contributed by atoms with Gasteiger partial charge < -0.3 is 4.90 Å². The van der Waals surface area contributed by atoms with E-state index in [0.717, 1.165) is 62.4 Å². The fourth-order valence-corrected chi connectivity index (χ4v) is 8.82. The second-order valence-electron chi connectivity index (χ2n) is 11.1. The topological polar surface area (TPSA) is 55.2 Å². The number of rotatable bonds is 6. The molecule has 2 fully saturated rings. The minimum atomic E-state index is -4.56. The van der Waals surface area contributed by atoms with E-state index in [9.17, 15) is 26.0 Å². The van der Waals surface area contributed by atoms with Gasteiger partial charge in [-0.2, -0.15) is 18.3 Å². The van der Waals surface area contributed by atoms with E-state index in [1.54, 1.807) is 0 Å². The van der Waals surface area contributed by atoms with E-state index in [-0.39, 0.29) is 10.9 Å². The third-order valence-electron chi connectivity index (χ3n) is 8.84. The van der Waals surface area contributed by atoms with E-state index in [0.29, 0.717) is 37.2 Å². The van der Waals surface area contributed by atoms with Crippen molar-refractivity contribution in [1.82, 2.24) is 14.7 Å². The summed E-state index contributed by atoms with van der Waals surface area (Å²) in [5.41, 5.74) is 1.89. The maximum atomic E-state index is 14.1. The largest absolute Gasteiger partial charge is 0.416 e. The second-order valence-corrected chi connectivity index (χ2v) is 13.4. The summed E-state index contributed by atoms with van der Waals surface area (Å²) < 4.78 is 82.2. The zero-order chi connectivity index (χ0) is 28.7. The van der Waals surface area contributed by atoms with Crippen molar-refractivity contribution in [2.45, 2.75) is 86.7 Å². The zero-order valence-corrected chi connectivity index (χ0v) is 23.6. The first-order chi connectivity index (χ1) is 18.9. The average molecular weight is 578 g/mol. The van der Waals surface area contributed by atoms with Crippen LogP contribution in [0.2, 0.25) is 0 Å². The Hall–Kier alpha value is -2.72. The maximum Gasteiger partial charge on any atom is 0.416 e. The summed E-state index contributed by atoms with van der Waals surface area (Å²) >= 11 is 0. The van der Waals surface area contributed by atoms with Crippen molar-refractivity contribution in [2.75, 3.05) is 13.1 Å². The van der Waals surface area contributed by atoms with Crippen molar-refractivity contribution in [3.63, 3.8) is 0 Å². The summed E-state index contributed by atoms with van der Waals surface area (Å²) in [6.07, 6.45) is -0.648. The summed E-state index contributed by atoms with van der Waals surface area (Å²) in [7, 11) is -4.07. The molecule has 1 aliphatic heterocycles. The van der Waals surface area contributed by atoms with Crippen molar-refractivity contribution < 1.29 is 26.0 Å². The van der Waals surface area contributed by atoms with E-state index in [1.807, 2.05) is 6.92 Å². The summed E-state index contributed by atoms with van der Waals surface area (Å²) in [5.74, 6) is -0.0265. The van der Waals surface area contributed by atoms with Crippen LogP contribution in [0.15, 0.2) is 59.5 Å². The number of benzene rings is 2. The van der Waals surface area contributed by atoms with Crippen LogP contribution in [-0.2, 0) is 27.3 Å². The van der Waals surface area contributed by atoms with Gasteiger partial charge in [-0.25, -0.2) is 12.8 Å². The van der Waals surface area contributed by atoms with Gasteiger partial charge in [0.05, 0.1) is 16.2 Å². The molecule has 5 nitrogen and oxygen atoms in total. The molecule has 1 aliphatic carbocycles. The average Bonchev–Trinajstić information content (AvgIpc) is 3.34. The minimum absolute atomic E-state index is 0.146. The van der Waals surface area contributed by atoms with E-state index in [4.69, 9.17) is 0 Å². The molecule has 0 radical (unpaired) electrons. The van der Waals surface area contributed by atoms with E-state index >= 15 is 0 Å². The predicted molar refractivity (Wildman–Crippen MR) is 145 cm³/mol. The molecule has 0 amide bonds. The molecule has 1 aromatic heterocycles. The van der Waals surface area contributed by atoms with Crippen molar-refractivity contribution in [3.05, 3.63) is 82.9 Å². The van der Waals surface area contributed by atoms with Crippen LogP contribution < -0.4 is 0 Å². The first-order valence-electron chi connectivity index (χ1n) is 13.9. The molecule has 2 aliphatic rings. The first kappa shape index (κ1) is 28.8. The van der Waals surface area contributed by atoms with Gasteiger partial charge in [-0.3, -0.25) is 4.68 Å². The lowest BCUT2D eigenvalue weighted by Gasteiger charge is -2.45.